The van der Waals surface area contributed by atoms with E-state index in [4.69, 9.17) is 0 Å². The summed E-state index contributed by atoms with van der Waals surface area (Å²) in [5, 5.41) is 0. The second kappa shape index (κ2) is 12.0. The van der Waals surface area contributed by atoms with E-state index in [1.807, 2.05) is 0 Å². The van der Waals surface area contributed by atoms with Crippen molar-refractivity contribution in [2.24, 2.45) is 5.92 Å². The molecule has 0 heterocycles. The van der Waals surface area contributed by atoms with E-state index in [2.05, 4.69) is 33.6 Å². The van der Waals surface area contributed by atoms with Gasteiger partial charge in [-0.15, -0.1) is 0 Å². The Morgan fingerprint density at radius 2 is 1.78 bits per heavy atom. The standard InChI is InChI=1S/C7H14.CH3.Tm/c1-4-6-7(3)5-2;;/h4-5,7H,6H2,1-3H3;1H3;/q-2;-1;. The molecule has 0 rings (SSSR count). The van der Waals surface area contributed by atoms with Crippen molar-refractivity contribution >= 4 is 0 Å². The van der Waals surface area contributed by atoms with E-state index in [0.29, 0.717) is 0 Å². The van der Waals surface area contributed by atoms with Crippen LogP contribution in [0, 0.1) is 63.1 Å². The molecular formula is C8H17Tm-3. The van der Waals surface area contributed by atoms with Gasteiger partial charge < -0.3 is 20.3 Å². The van der Waals surface area contributed by atoms with Crippen molar-refractivity contribution in [2.75, 3.05) is 0 Å². The molecule has 1 radical (unpaired) electrons. The van der Waals surface area contributed by atoms with Gasteiger partial charge in [0, 0.05) is 36.9 Å². The van der Waals surface area contributed by atoms with E-state index in [1.54, 1.807) is 0 Å². The number of hydrogen-bond donors (Lipinski definition) is 0. The van der Waals surface area contributed by atoms with Gasteiger partial charge in [-0.3, -0.25) is 0 Å². The summed E-state index contributed by atoms with van der Waals surface area (Å²) in [7, 11) is 0. The molecule has 0 amide bonds. The molecule has 0 aliphatic heterocycles. The first-order valence-corrected chi connectivity index (χ1v) is 2.88. The molecule has 0 bridgehead atoms. The molecule has 0 aliphatic rings. The van der Waals surface area contributed by atoms with Crippen LogP contribution in [0.1, 0.15) is 27.2 Å². The van der Waals surface area contributed by atoms with Gasteiger partial charge >= 0.3 is 0 Å². The summed E-state index contributed by atoms with van der Waals surface area (Å²) >= 11 is 0. The van der Waals surface area contributed by atoms with E-state index in [-0.39, 0.29) is 44.3 Å². The third kappa shape index (κ3) is 12.4. The van der Waals surface area contributed by atoms with Gasteiger partial charge in [0.25, 0.3) is 0 Å². The fraction of sp³-hybridized carbons (Fsp3) is 0.625. The molecule has 0 nitrogen and oxygen atoms in total. The van der Waals surface area contributed by atoms with Gasteiger partial charge in [0.2, 0.25) is 0 Å². The molecule has 0 saturated carbocycles. The van der Waals surface area contributed by atoms with Gasteiger partial charge in [-0.05, 0) is 0 Å². The quantitative estimate of drug-likeness (QED) is 0.698. The Labute approximate surface area is 89.6 Å². The summed E-state index contributed by atoms with van der Waals surface area (Å²) < 4.78 is 0. The Morgan fingerprint density at radius 3 is 1.89 bits per heavy atom. The largest absolute Gasteiger partial charge is 0.358 e. The summed E-state index contributed by atoms with van der Waals surface area (Å²) in [6, 6.07) is 0. The molecule has 0 aromatic rings. The van der Waals surface area contributed by atoms with Crippen molar-refractivity contribution in [1.82, 2.24) is 0 Å². The monoisotopic (exact) mass is 282 g/mol. The predicted octanol–water partition coefficient (Wildman–Crippen LogP) is 2.91. The molecule has 0 saturated heterocycles. The van der Waals surface area contributed by atoms with Crippen molar-refractivity contribution < 1.29 is 36.9 Å². The van der Waals surface area contributed by atoms with Crippen LogP contribution in [0.2, 0.25) is 0 Å². The molecule has 0 N–H and O–H groups in total. The third-order valence-corrected chi connectivity index (χ3v) is 1.18. The van der Waals surface area contributed by atoms with E-state index in [0.717, 1.165) is 5.92 Å². The minimum Gasteiger partial charge on any atom is -0.358 e. The smallest absolute Gasteiger partial charge is 0 e. The van der Waals surface area contributed by atoms with E-state index >= 15 is 0 Å². The van der Waals surface area contributed by atoms with Crippen LogP contribution in [0.15, 0.2) is 0 Å². The zero-order valence-electron chi connectivity index (χ0n) is 6.72. The Bertz CT molecular complexity index is 35.5. The van der Waals surface area contributed by atoms with Crippen LogP contribution in [-0.2, 0) is 0 Å². The molecule has 1 atom stereocenters. The van der Waals surface area contributed by atoms with Crippen LogP contribution < -0.4 is 0 Å². The first kappa shape index (κ1) is 16.7. The molecular weight excluding hydrogens is 265 g/mol. The van der Waals surface area contributed by atoms with Gasteiger partial charge in [0.05, 0.1) is 0 Å². The van der Waals surface area contributed by atoms with E-state index in [9.17, 15) is 0 Å². The predicted molar refractivity (Wildman–Crippen MR) is 40.1 cm³/mol. The SMILES string of the molecule is C[CH-]CC(C)[CH-]C.[CH3-].[Tm]. The average Bonchev–Trinajstić information content (AvgIpc) is 1.68. The van der Waals surface area contributed by atoms with Crippen LogP contribution in [0.5, 0.6) is 0 Å². The maximum absolute atomic E-state index is 2.22. The zero-order valence-corrected chi connectivity index (χ0v) is 8.50. The van der Waals surface area contributed by atoms with Crippen molar-refractivity contribution in [3.63, 3.8) is 0 Å². The topological polar surface area (TPSA) is 0 Å². The molecule has 0 aliphatic carbocycles. The molecule has 0 fully saturated rings. The van der Waals surface area contributed by atoms with Crippen molar-refractivity contribution in [2.45, 2.75) is 27.2 Å². The minimum atomic E-state index is 0. The van der Waals surface area contributed by atoms with E-state index < -0.39 is 0 Å². The maximum Gasteiger partial charge on any atom is 0 e. The first-order chi connectivity index (χ1) is 3.31. The molecule has 65 valence electrons. The number of hydrogen-bond acceptors (Lipinski definition) is 0. The summed E-state index contributed by atoms with van der Waals surface area (Å²) in [5.74, 6) is 0.769. The molecule has 1 unspecified atom stereocenters. The van der Waals surface area contributed by atoms with Crippen LogP contribution in [-0.4, -0.2) is 0 Å². The summed E-state index contributed by atoms with van der Waals surface area (Å²) in [6.45, 7) is 6.42. The average molecular weight is 282 g/mol. The summed E-state index contributed by atoms with van der Waals surface area (Å²) in [5.41, 5.74) is 0. The van der Waals surface area contributed by atoms with Crippen molar-refractivity contribution in [3.8, 4) is 0 Å². The van der Waals surface area contributed by atoms with Gasteiger partial charge in [-0.1, -0.05) is 6.92 Å². The summed E-state index contributed by atoms with van der Waals surface area (Å²) in [6.07, 6.45) is 5.64. The molecule has 1 heteroatoms. The van der Waals surface area contributed by atoms with Gasteiger partial charge in [-0.2, -0.15) is 19.8 Å². The zero-order chi connectivity index (χ0) is 5.70. The first-order valence-electron chi connectivity index (χ1n) is 2.88. The van der Waals surface area contributed by atoms with Gasteiger partial charge in [-0.25, -0.2) is 6.42 Å². The Morgan fingerprint density at radius 1 is 1.33 bits per heavy atom. The normalized spacial score (nSPS) is 11.0. The Balaban J connectivity index is -0.000000180. The van der Waals surface area contributed by atoms with E-state index in [1.165, 1.54) is 6.42 Å². The van der Waals surface area contributed by atoms with Crippen molar-refractivity contribution in [3.05, 3.63) is 20.3 Å². The van der Waals surface area contributed by atoms with Gasteiger partial charge in [0.15, 0.2) is 0 Å². The second-order valence-corrected chi connectivity index (χ2v) is 1.95. The minimum absolute atomic E-state index is 0. The molecule has 9 heavy (non-hydrogen) atoms. The Hall–Kier alpha value is 1.23. The Kier molecular flexibility index (Phi) is 22.2. The van der Waals surface area contributed by atoms with Crippen LogP contribution in [0.4, 0.5) is 0 Å². The molecule has 0 spiro atoms. The number of rotatable bonds is 3. The second-order valence-electron chi connectivity index (χ2n) is 1.95. The summed E-state index contributed by atoms with van der Waals surface area (Å²) in [4.78, 5) is 0. The van der Waals surface area contributed by atoms with Crippen LogP contribution in [0.25, 0.3) is 0 Å². The van der Waals surface area contributed by atoms with Crippen molar-refractivity contribution in [1.29, 1.82) is 0 Å². The van der Waals surface area contributed by atoms with Crippen LogP contribution in [0.3, 0.4) is 0 Å². The molecule has 0 aromatic heterocycles. The fourth-order valence-corrected chi connectivity index (χ4v) is 0.508. The maximum atomic E-state index is 2.22. The molecule has 0 aromatic carbocycles. The fourth-order valence-electron chi connectivity index (χ4n) is 0.508. The van der Waals surface area contributed by atoms with Crippen LogP contribution >= 0.6 is 0 Å². The van der Waals surface area contributed by atoms with Gasteiger partial charge in [0.1, 0.15) is 0 Å². The third-order valence-electron chi connectivity index (χ3n) is 1.18.